The predicted octanol–water partition coefficient (Wildman–Crippen LogP) is 2.48. The summed E-state index contributed by atoms with van der Waals surface area (Å²) in [6.45, 7) is 2.36. The minimum Gasteiger partial charge on any atom is -0.310 e. The fourth-order valence-corrected chi connectivity index (χ4v) is 4.80. The van der Waals surface area contributed by atoms with Gasteiger partial charge in [-0.15, -0.1) is 0 Å². The molecule has 0 aliphatic carbocycles. The lowest BCUT2D eigenvalue weighted by Gasteiger charge is -2.30. The van der Waals surface area contributed by atoms with E-state index >= 15 is 0 Å². The molecule has 0 bridgehead atoms. The molecule has 0 unspecified atom stereocenters. The fraction of sp³-hybridized carbons (Fsp3) is 0.353. The summed E-state index contributed by atoms with van der Waals surface area (Å²) < 4.78 is 26.8. The topological polar surface area (TPSA) is 92.3 Å². The number of halogens is 1. The molecule has 0 radical (unpaired) electrons. The minimum absolute atomic E-state index is 0.00599. The first kappa shape index (κ1) is 18.8. The largest absolute Gasteiger partial charge is 0.310 e. The van der Waals surface area contributed by atoms with Crippen molar-refractivity contribution in [2.24, 2.45) is 5.92 Å². The molecular formula is C17H19ClN4O3S. The van der Waals surface area contributed by atoms with Gasteiger partial charge in [0.2, 0.25) is 15.9 Å². The summed E-state index contributed by atoms with van der Waals surface area (Å²) in [7, 11) is -3.71. The number of sulfonamides is 1. The zero-order valence-electron chi connectivity index (χ0n) is 14.2. The van der Waals surface area contributed by atoms with Crippen molar-refractivity contribution in [2.45, 2.75) is 24.7 Å². The Morgan fingerprint density at radius 3 is 2.62 bits per heavy atom. The smallest absolute Gasteiger partial charge is 0.246 e. The molecule has 1 aliphatic heterocycles. The molecule has 0 atom stereocenters. The average Bonchev–Trinajstić information content (AvgIpc) is 2.62. The standard InChI is InChI=1S/C17H19ClN4O3S/c1-12-4-2-6-15(20-12)21-17(23)13-7-10-22(11-8-13)26(24,25)14-5-3-9-19-16(14)18/h2-6,9,13H,7-8,10-11H2,1H3,(H,20,21,23). The number of hydrogen-bond acceptors (Lipinski definition) is 5. The first-order valence-corrected chi connectivity index (χ1v) is 10.0. The van der Waals surface area contributed by atoms with Crippen molar-refractivity contribution in [3.05, 3.63) is 47.4 Å². The van der Waals surface area contributed by atoms with Gasteiger partial charge in [-0.25, -0.2) is 18.4 Å². The summed E-state index contributed by atoms with van der Waals surface area (Å²) in [5.74, 6) is 0.111. The van der Waals surface area contributed by atoms with Crippen LogP contribution in [0.5, 0.6) is 0 Å². The lowest BCUT2D eigenvalue weighted by atomic mass is 9.97. The molecule has 2 aromatic heterocycles. The highest BCUT2D eigenvalue weighted by Crippen LogP contribution is 2.27. The van der Waals surface area contributed by atoms with Crippen LogP contribution in [-0.4, -0.2) is 41.7 Å². The van der Waals surface area contributed by atoms with E-state index in [9.17, 15) is 13.2 Å². The molecule has 1 N–H and O–H groups in total. The highest BCUT2D eigenvalue weighted by atomic mass is 35.5. The Labute approximate surface area is 157 Å². The molecule has 26 heavy (non-hydrogen) atoms. The van der Waals surface area contributed by atoms with Gasteiger partial charge in [0.05, 0.1) is 0 Å². The summed E-state index contributed by atoms with van der Waals surface area (Å²) in [5.41, 5.74) is 0.817. The number of anilines is 1. The first-order valence-electron chi connectivity index (χ1n) is 8.23. The highest BCUT2D eigenvalue weighted by Gasteiger charge is 2.33. The lowest BCUT2D eigenvalue weighted by molar-refractivity contribution is -0.120. The molecule has 0 saturated carbocycles. The van der Waals surface area contributed by atoms with Crippen LogP contribution in [0.4, 0.5) is 5.82 Å². The van der Waals surface area contributed by atoms with Crippen LogP contribution in [0.1, 0.15) is 18.5 Å². The van der Waals surface area contributed by atoms with Crippen molar-refractivity contribution >= 4 is 33.3 Å². The quantitative estimate of drug-likeness (QED) is 0.804. The van der Waals surface area contributed by atoms with Crippen molar-refractivity contribution in [3.63, 3.8) is 0 Å². The van der Waals surface area contributed by atoms with E-state index in [0.717, 1.165) is 5.69 Å². The molecule has 1 fully saturated rings. The van der Waals surface area contributed by atoms with Gasteiger partial charge in [0.25, 0.3) is 0 Å². The lowest BCUT2D eigenvalue weighted by Crippen LogP contribution is -2.41. The van der Waals surface area contributed by atoms with Crippen LogP contribution in [0.3, 0.4) is 0 Å². The van der Waals surface area contributed by atoms with E-state index in [0.29, 0.717) is 18.7 Å². The van der Waals surface area contributed by atoms with E-state index in [1.807, 2.05) is 19.1 Å². The third-order valence-electron chi connectivity index (χ3n) is 4.31. The fourth-order valence-electron chi connectivity index (χ4n) is 2.90. The van der Waals surface area contributed by atoms with E-state index in [2.05, 4.69) is 15.3 Å². The van der Waals surface area contributed by atoms with Gasteiger partial charge in [-0.2, -0.15) is 4.31 Å². The van der Waals surface area contributed by atoms with Crippen LogP contribution in [0.2, 0.25) is 5.15 Å². The van der Waals surface area contributed by atoms with E-state index in [4.69, 9.17) is 11.6 Å². The van der Waals surface area contributed by atoms with E-state index in [-0.39, 0.29) is 35.0 Å². The Kier molecular flexibility index (Phi) is 5.55. The Morgan fingerprint density at radius 2 is 1.96 bits per heavy atom. The van der Waals surface area contributed by atoms with Crippen molar-refractivity contribution in [3.8, 4) is 0 Å². The minimum atomic E-state index is -3.71. The Morgan fingerprint density at radius 1 is 1.23 bits per heavy atom. The summed E-state index contributed by atoms with van der Waals surface area (Å²) in [6, 6.07) is 8.38. The number of hydrogen-bond donors (Lipinski definition) is 1. The molecule has 1 saturated heterocycles. The number of aromatic nitrogens is 2. The second-order valence-corrected chi connectivity index (χ2v) is 8.39. The second kappa shape index (κ2) is 7.69. The number of amides is 1. The summed E-state index contributed by atoms with van der Waals surface area (Å²) in [4.78, 5) is 20.5. The summed E-state index contributed by atoms with van der Waals surface area (Å²) in [6.07, 6.45) is 2.32. The van der Waals surface area contributed by atoms with Gasteiger partial charge in [-0.3, -0.25) is 4.79 Å². The van der Waals surface area contributed by atoms with Gasteiger partial charge < -0.3 is 5.32 Å². The van der Waals surface area contributed by atoms with E-state index in [1.165, 1.54) is 22.6 Å². The maximum Gasteiger partial charge on any atom is 0.246 e. The Hall–Kier alpha value is -2.03. The molecule has 9 heteroatoms. The number of rotatable bonds is 4. The molecule has 0 spiro atoms. The van der Waals surface area contributed by atoms with Gasteiger partial charge in [-0.1, -0.05) is 17.7 Å². The summed E-state index contributed by atoms with van der Waals surface area (Å²) >= 11 is 5.92. The monoisotopic (exact) mass is 394 g/mol. The molecule has 138 valence electrons. The molecular weight excluding hydrogens is 376 g/mol. The van der Waals surface area contributed by atoms with Crippen LogP contribution in [0, 0.1) is 12.8 Å². The second-order valence-electron chi connectivity index (χ2n) is 6.12. The molecule has 2 aromatic rings. The third kappa shape index (κ3) is 4.03. The normalized spacial score (nSPS) is 16.4. The molecule has 7 nitrogen and oxygen atoms in total. The average molecular weight is 395 g/mol. The number of carbonyl (C=O) groups is 1. The third-order valence-corrected chi connectivity index (χ3v) is 6.65. The van der Waals surface area contributed by atoms with Crippen molar-refractivity contribution in [1.82, 2.24) is 14.3 Å². The SMILES string of the molecule is Cc1cccc(NC(=O)C2CCN(S(=O)(=O)c3cccnc3Cl)CC2)n1. The van der Waals surface area contributed by atoms with E-state index in [1.54, 1.807) is 6.07 Å². The van der Waals surface area contributed by atoms with Crippen LogP contribution in [0.15, 0.2) is 41.4 Å². The number of piperidine rings is 1. The maximum absolute atomic E-state index is 12.7. The Bertz CT molecular complexity index is 912. The van der Waals surface area contributed by atoms with Crippen molar-refractivity contribution in [2.75, 3.05) is 18.4 Å². The van der Waals surface area contributed by atoms with Crippen molar-refractivity contribution < 1.29 is 13.2 Å². The molecule has 1 aliphatic rings. The van der Waals surface area contributed by atoms with Crippen LogP contribution in [-0.2, 0) is 14.8 Å². The number of aryl methyl sites for hydroxylation is 1. The first-order chi connectivity index (χ1) is 12.4. The van der Waals surface area contributed by atoms with Gasteiger partial charge >= 0.3 is 0 Å². The molecule has 1 amide bonds. The van der Waals surface area contributed by atoms with Gasteiger partial charge in [0, 0.05) is 30.9 Å². The number of pyridine rings is 2. The van der Waals surface area contributed by atoms with E-state index < -0.39 is 10.0 Å². The maximum atomic E-state index is 12.7. The van der Waals surface area contributed by atoms with Gasteiger partial charge in [0.15, 0.2) is 0 Å². The van der Waals surface area contributed by atoms with Crippen molar-refractivity contribution in [1.29, 1.82) is 0 Å². The summed E-state index contributed by atoms with van der Waals surface area (Å²) in [5, 5.41) is 2.75. The van der Waals surface area contributed by atoms with Gasteiger partial charge in [-0.05, 0) is 44.0 Å². The number of nitrogens with one attached hydrogen (secondary N) is 1. The highest BCUT2D eigenvalue weighted by molar-refractivity contribution is 7.89. The molecule has 3 rings (SSSR count). The number of carbonyl (C=O) groups excluding carboxylic acids is 1. The van der Waals surface area contributed by atoms with Gasteiger partial charge in [0.1, 0.15) is 15.9 Å². The van der Waals surface area contributed by atoms with Crippen LogP contribution >= 0.6 is 11.6 Å². The van der Waals surface area contributed by atoms with Crippen LogP contribution in [0.25, 0.3) is 0 Å². The van der Waals surface area contributed by atoms with Crippen LogP contribution < -0.4 is 5.32 Å². The zero-order valence-corrected chi connectivity index (χ0v) is 15.8. The predicted molar refractivity (Wildman–Crippen MR) is 98.3 cm³/mol. The number of nitrogens with zero attached hydrogens (tertiary/aromatic N) is 3. The zero-order chi connectivity index (χ0) is 18.7. The Balaban J connectivity index is 1.64. The molecule has 0 aromatic carbocycles. The molecule has 3 heterocycles.